The molecular formula is C33H56N2O7. The van der Waals surface area contributed by atoms with Gasteiger partial charge in [0, 0.05) is 44.8 Å². The van der Waals surface area contributed by atoms with Crippen LogP contribution in [0.25, 0.3) is 0 Å². The number of primary amides is 1. The van der Waals surface area contributed by atoms with Crippen molar-refractivity contribution in [3.63, 3.8) is 0 Å². The summed E-state index contributed by atoms with van der Waals surface area (Å²) in [4.78, 5) is 37.1. The fraction of sp³-hybridized carbons (Fsp3) is 0.727. The summed E-state index contributed by atoms with van der Waals surface area (Å²) in [5.41, 5.74) is 5.78. The Hall–Kier alpha value is -2.65. The third-order valence-electron chi connectivity index (χ3n) is 8.21. The van der Waals surface area contributed by atoms with Crippen LogP contribution in [0.15, 0.2) is 18.2 Å². The summed E-state index contributed by atoms with van der Waals surface area (Å²) < 4.78 is 16.6. The van der Waals surface area contributed by atoms with E-state index in [0.29, 0.717) is 44.0 Å². The van der Waals surface area contributed by atoms with Gasteiger partial charge in [0.2, 0.25) is 11.8 Å². The quantitative estimate of drug-likeness (QED) is 0.176. The van der Waals surface area contributed by atoms with E-state index in [4.69, 9.17) is 19.9 Å². The van der Waals surface area contributed by atoms with Crippen LogP contribution in [0.3, 0.4) is 0 Å². The van der Waals surface area contributed by atoms with E-state index in [2.05, 4.69) is 19.2 Å². The van der Waals surface area contributed by atoms with E-state index in [1.54, 1.807) is 28.1 Å². The highest BCUT2D eigenvalue weighted by Crippen LogP contribution is 2.32. The summed E-state index contributed by atoms with van der Waals surface area (Å²) in [6.07, 6.45) is 1.90. The second-order valence-corrected chi connectivity index (χ2v) is 12.8. The van der Waals surface area contributed by atoms with E-state index >= 15 is 0 Å². The average Bonchev–Trinajstić information content (AvgIpc) is 2.91. The first-order chi connectivity index (χ1) is 19.6. The second kappa shape index (κ2) is 18.1. The van der Waals surface area contributed by atoms with E-state index in [1.165, 1.54) is 6.92 Å². The Bertz CT molecular complexity index is 993. The van der Waals surface area contributed by atoms with E-state index < -0.39 is 29.4 Å². The molecule has 0 aromatic heterocycles. The number of nitrogens with one attached hydrogen (secondary N) is 1. The lowest BCUT2D eigenvalue weighted by Crippen LogP contribution is -2.46. The molecule has 1 rings (SSSR count). The Balaban J connectivity index is 3.09. The SMILES string of the molecule is COCCCOc1cc(C[C@@H](C[C@H](NC(C)=O)[C@@H](O)C[C@H](C(=O)CCC(C)(C)C(N)=O)C(C)C)C(C)C)ccc1OC. The number of aliphatic hydroxyl groups is 1. The fourth-order valence-electron chi connectivity index (χ4n) is 5.08. The first-order valence-electron chi connectivity index (χ1n) is 15.2. The second-order valence-electron chi connectivity index (χ2n) is 12.8. The summed E-state index contributed by atoms with van der Waals surface area (Å²) in [7, 11) is 3.27. The molecule has 4 N–H and O–H groups in total. The van der Waals surface area contributed by atoms with E-state index in [0.717, 1.165) is 12.0 Å². The first-order valence-corrected chi connectivity index (χ1v) is 15.2. The molecule has 1 aromatic carbocycles. The number of aliphatic hydroxyl groups excluding tert-OH is 1. The molecule has 0 heterocycles. The monoisotopic (exact) mass is 592 g/mol. The van der Waals surface area contributed by atoms with Crippen LogP contribution in [-0.4, -0.2) is 62.3 Å². The molecule has 0 saturated carbocycles. The maximum absolute atomic E-state index is 13.2. The van der Waals surface area contributed by atoms with Gasteiger partial charge < -0.3 is 30.4 Å². The standard InChI is InChI=1S/C33H56N2O7/c1-21(2)25(17-24-11-12-30(41-9)31(18-24)42-16-10-15-40-8)19-27(35-23(5)36)29(38)20-26(22(3)4)28(37)13-14-33(6,7)32(34)39/h11-12,18,21-22,25-27,29,38H,10,13-17,19-20H2,1-9H3,(H2,34,39)(H,35,36)/t25-,26-,27-,29-/m0/s1. The molecule has 0 aliphatic carbocycles. The number of amides is 2. The van der Waals surface area contributed by atoms with Gasteiger partial charge >= 0.3 is 0 Å². The Morgan fingerprint density at radius 3 is 2.19 bits per heavy atom. The normalized spacial score (nSPS) is 14.8. The van der Waals surface area contributed by atoms with Crippen LogP contribution in [0.1, 0.15) is 86.1 Å². The maximum Gasteiger partial charge on any atom is 0.223 e. The van der Waals surface area contributed by atoms with E-state index in [1.807, 2.05) is 32.0 Å². The highest BCUT2D eigenvalue weighted by molar-refractivity contribution is 5.84. The smallest absolute Gasteiger partial charge is 0.223 e. The topological polar surface area (TPSA) is 137 Å². The summed E-state index contributed by atoms with van der Waals surface area (Å²) in [5, 5.41) is 14.4. The number of rotatable bonds is 21. The highest BCUT2D eigenvalue weighted by atomic mass is 16.5. The number of carbonyl (C=O) groups excluding carboxylic acids is 3. The molecule has 2 amide bonds. The maximum atomic E-state index is 13.2. The minimum absolute atomic E-state index is 0.00313. The van der Waals surface area contributed by atoms with Crippen LogP contribution in [0.5, 0.6) is 11.5 Å². The summed E-state index contributed by atoms with van der Waals surface area (Å²) >= 11 is 0. The van der Waals surface area contributed by atoms with Gasteiger partial charge in [0.25, 0.3) is 0 Å². The van der Waals surface area contributed by atoms with Gasteiger partial charge in [-0.3, -0.25) is 14.4 Å². The van der Waals surface area contributed by atoms with Gasteiger partial charge in [0.05, 0.1) is 25.9 Å². The number of ketones is 1. The van der Waals surface area contributed by atoms with Gasteiger partial charge in [-0.2, -0.15) is 0 Å². The zero-order valence-electron chi connectivity index (χ0n) is 27.3. The lowest BCUT2D eigenvalue weighted by Gasteiger charge is -2.32. The van der Waals surface area contributed by atoms with Crippen LogP contribution >= 0.6 is 0 Å². The molecule has 42 heavy (non-hydrogen) atoms. The predicted molar refractivity (Wildman–Crippen MR) is 165 cm³/mol. The van der Waals surface area contributed by atoms with Crippen molar-refractivity contribution in [2.45, 2.75) is 99.1 Å². The molecule has 0 bridgehead atoms. The third-order valence-corrected chi connectivity index (χ3v) is 8.21. The fourth-order valence-corrected chi connectivity index (χ4v) is 5.08. The minimum atomic E-state index is -0.911. The van der Waals surface area contributed by atoms with E-state index in [-0.39, 0.29) is 42.3 Å². The molecule has 0 unspecified atom stereocenters. The molecular weight excluding hydrogens is 536 g/mol. The van der Waals surface area contributed by atoms with Crippen LogP contribution in [0.2, 0.25) is 0 Å². The van der Waals surface area contributed by atoms with Gasteiger partial charge in [-0.15, -0.1) is 0 Å². The van der Waals surface area contributed by atoms with Crippen molar-refractivity contribution in [2.75, 3.05) is 27.4 Å². The van der Waals surface area contributed by atoms with Crippen LogP contribution in [-0.2, 0) is 25.5 Å². The van der Waals surface area contributed by atoms with Crippen molar-refractivity contribution in [2.24, 2.45) is 34.8 Å². The number of nitrogens with two attached hydrogens (primary N) is 1. The summed E-state index contributed by atoms with van der Waals surface area (Å²) in [6.45, 7) is 14.2. The Morgan fingerprint density at radius 2 is 1.67 bits per heavy atom. The third kappa shape index (κ3) is 12.7. The zero-order valence-corrected chi connectivity index (χ0v) is 27.3. The largest absolute Gasteiger partial charge is 0.493 e. The first kappa shape index (κ1) is 37.4. The van der Waals surface area contributed by atoms with Crippen LogP contribution < -0.4 is 20.5 Å². The molecule has 1 aromatic rings. The van der Waals surface area contributed by atoms with Gasteiger partial charge in [-0.25, -0.2) is 0 Å². The number of hydrogen-bond donors (Lipinski definition) is 3. The Labute approximate surface area is 253 Å². The molecule has 4 atom stereocenters. The number of hydrogen-bond acceptors (Lipinski definition) is 7. The van der Waals surface area contributed by atoms with Gasteiger partial charge in [0.1, 0.15) is 5.78 Å². The Kier molecular flexibility index (Phi) is 16.1. The molecule has 0 saturated heterocycles. The van der Waals surface area contributed by atoms with Crippen LogP contribution in [0.4, 0.5) is 0 Å². The van der Waals surface area contributed by atoms with Crippen molar-refractivity contribution in [1.82, 2.24) is 5.32 Å². The Morgan fingerprint density at radius 1 is 1.00 bits per heavy atom. The van der Waals surface area contributed by atoms with Crippen molar-refractivity contribution in [1.29, 1.82) is 0 Å². The number of carbonyl (C=O) groups is 3. The average molecular weight is 593 g/mol. The van der Waals surface area contributed by atoms with Crippen molar-refractivity contribution in [3.05, 3.63) is 23.8 Å². The van der Waals surface area contributed by atoms with Gasteiger partial charge in [-0.1, -0.05) is 47.6 Å². The van der Waals surface area contributed by atoms with Crippen molar-refractivity contribution < 1.29 is 33.7 Å². The molecule has 0 spiro atoms. The number of benzene rings is 1. The zero-order chi connectivity index (χ0) is 32.0. The van der Waals surface area contributed by atoms with Crippen molar-refractivity contribution >= 4 is 17.6 Å². The van der Waals surface area contributed by atoms with Crippen molar-refractivity contribution in [3.8, 4) is 11.5 Å². The molecule has 9 nitrogen and oxygen atoms in total. The molecule has 0 fully saturated rings. The summed E-state index contributed by atoms with van der Waals surface area (Å²) in [6, 6.07) is 5.39. The lowest BCUT2D eigenvalue weighted by atomic mass is 9.78. The predicted octanol–water partition coefficient (Wildman–Crippen LogP) is 4.70. The van der Waals surface area contributed by atoms with Crippen LogP contribution in [0, 0.1) is 29.1 Å². The minimum Gasteiger partial charge on any atom is -0.493 e. The highest BCUT2D eigenvalue weighted by Gasteiger charge is 2.33. The van der Waals surface area contributed by atoms with Gasteiger partial charge in [0.15, 0.2) is 11.5 Å². The van der Waals surface area contributed by atoms with Gasteiger partial charge in [-0.05, 0) is 61.1 Å². The number of Topliss-reactive ketones (excluding diaryl/α,β-unsaturated/α-hetero) is 1. The number of methoxy groups -OCH3 is 2. The molecule has 0 aliphatic heterocycles. The molecule has 0 radical (unpaired) electrons. The molecule has 9 heteroatoms. The lowest BCUT2D eigenvalue weighted by molar-refractivity contribution is -0.129. The molecule has 240 valence electrons. The van der Waals surface area contributed by atoms with E-state index in [9.17, 15) is 19.5 Å². The summed E-state index contributed by atoms with van der Waals surface area (Å²) in [5.74, 6) is 0.642. The molecule has 0 aliphatic rings. The number of ether oxygens (including phenoxy) is 3.